The standard InChI is InChI=1S/C19H23Br/c1-14-2-4-15(5-3-14)16-6-8-17(9-7-16)18-10-12-19(20)13-11-18/h6,8-16H,2-5,7H2,1H3/t14-,15-,16?. The first-order valence-electron chi connectivity index (χ1n) is 7.86. The summed E-state index contributed by atoms with van der Waals surface area (Å²) in [7, 11) is 0. The Morgan fingerprint density at radius 2 is 1.70 bits per heavy atom. The quantitative estimate of drug-likeness (QED) is 0.602. The minimum absolute atomic E-state index is 0.779. The molecule has 1 aromatic rings. The molecular formula is C19H23Br. The summed E-state index contributed by atoms with van der Waals surface area (Å²) < 4.78 is 1.15. The van der Waals surface area contributed by atoms with Gasteiger partial charge in [-0.1, -0.05) is 66.1 Å². The summed E-state index contributed by atoms with van der Waals surface area (Å²) in [5.74, 6) is 2.65. The van der Waals surface area contributed by atoms with Gasteiger partial charge in [0.05, 0.1) is 0 Å². The summed E-state index contributed by atoms with van der Waals surface area (Å²) in [6.45, 7) is 2.40. The molecule has 0 spiro atoms. The van der Waals surface area contributed by atoms with Crippen LogP contribution in [0.4, 0.5) is 0 Å². The second-order valence-electron chi connectivity index (χ2n) is 6.44. The molecule has 0 radical (unpaired) electrons. The van der Waals surface area contributed by atoms with Crippen LogP contribution in [0.2, 0.25) is 0 Å². The average Bonchev–Trinajstić information content (AvgIpc) is 2.49. The summed E-state index contributed by atoms with van der Waals surface area (Å²) in [5.41, 5.74) is 2.72. The molecule has 0 bridgehead atoms. The van der Waals surface area contributed by atoms with Gasteiger partial charge >= 0.3 is 0 Å². The molecule has 1 unspecified atom stereocenters. The molecule has 20 heavy (non-hydrogen) atoms. The molecule has 0 aromatic heterocycles. The fourth-order valence-electron chi connectivity index (χ4n) is 3.56. The first-order chi connectivity index (χ1) is 9.72. The van der Waals surface area contributed by atoms with Crippen LogP contribution in [-0.4, -0.2) is 0 Å². The second kappa shape index (κ2) is 6.30. The van der Waals surface area contributed by atoms with E-state index in [1.807, 2.05) is 0 Å². The van der Waals surface area contributed by atoms with Crippen molar-refractivity contribution in [2.75, 3.05) is 0 Å². The molecule has 3 rings (SSSR count). The molecule has 2 aliphatic carbocycles. The molecule has 1 heteroatoms. The predicted molar refractivity (Wildman–Crippen MR) is 90.5 cm³/mol. The van der Waals surface area contributed by atoms with Crippen LogP contribution in [0.3, 0.4) is 0 Å². The lowest BCUT2D eigenvalue weighted by Gasteiger charge is -2.32. The molecule has 0 amide bonds. The summed E-state index contributed by atoms with van der Waals surface area (Å²) >= 11 is 3.50. The van der Waals surface area contributed by atoms with Crippen molar-refractivity contribution >= 4 is 21.5 Å². The van der Waals surface area contributed by atoms with Gasteiger partial charge in [0, 0.05) is 4.47 Å². The molecule has 0 heterocycles. The molecule has 0 nitrogen and oxygen atoms in total. The first kappa shape index (κ1) is 14.1. The number of benzene rings is 1. The Morgan fingerprint density at radius 3 is 2.30 bits per heavy atom. The van der Waals surface area contributed by atoms with Crippen molar-refractivity contribution in [2.24, 2.45) is 17.8 Å². The van der Waals surface area contributed by atoms with Crippen LogP contribution in [-0.2, 0) is 0 Å². The third-order valence-electron chi connectivity index (χ3n) is 4.98. The maximum absolute atomic E-state index is 3.50. The Morgan fingerprint density at radius 1 is 1.00 bits per heavy atom. The van der Waals surface area contributed by atoms with Crippen LogP contribution in [0.25, 0.3) is 5.57 Å². The zero-order valence-corrected chi connectivity index (χ0v) is 13.8. The van der Waals surface area contributed by atoms with Crippen molar-refractivity contribution in [2.45, 2.75) is 39.0 Å². The van der Waals surface area contributed by atoms with Gasteiger partial charge in [0.1, 0.15) is 0 Å². The van der Waals surface area contributed by atoms with Gasteiger partial charge in [-0.2, -0.15) is 0 Å². The number of hydrogen-bond acceptors (Lipinski definition) is 0. The van der Waals surface area contributed by atoms with Gasteiger partial charge in [0.2, 0.25) is 0 Å². The molecule has 1 aromatic carbocycles. The van der Waals surface area contributed by atoms with E-state index < -0.39 is 0 Å². The third-order valence-corrected chi connectivity index (χ3v) is 5.51. The monoisotopic (exact) mass is 330 g/mol. The molecular weight excluding hydrogens is 308 g/mol. The number of hydrogen-bond donors (Lipinski definition) is 0. The van der Waals surface area contributed by atoms with Crippen molar-refractivity contribution in [1.82, 2.24) is 0 Å². The maximum Gasteiger partial charge on any atom is 0.0175 e. The van der Waals surface area contributed by atoms with E-state index in [0.717, 1.165) is 22.2 Å². The van der Waals surface area contributed by atoms with Crippen LogP contribution in [0.5, 0.6) is 0 Å². The highest BCUT2D eigenvalue weighted by Crippen LogP contribution is 2.38. The first-order valence-corrected chi connectivity index (χ1v) is 8.66. The van der Waals surface area contributed by atoms with Crippen LogP contribution < -0.4 is 0 Å². The van der Waals surface area contributed by atoms with Crippen LogP contribution in [0, 0.1) is 17.8 Å². The average molecular weight is 331 g/mol. The molecule has 2 aliphatic rings. The molecule has 1 fully saturated rings. The molecule has 0 saturated heterocycles. The SMILES string of the molecule is C[C@H]1CC[C@H](C2C=CC(c3ccc(Br)cc3)=CC2)CC1. The van der Waals surface area contributed by atoms with E-state index in [-0.39, 0.29) is 0 Å². The van der Waals surface area contributed by atoms with Crippen molar-refractivity contribution < 1.29 is 0 Å². The minimum atomic E-state index is 0.779. The van der Waals surface area contributed by atoms with Gasteiger partial charge in [0.25, 0.3) is 0 Å². The minimum Gasteiger partial charge on any atom is -0.0802 e. The van der Waals surface area contributed by atoms with Crippen molar-refractivity contribution in [3.05, 3.63) is 52.5 Å². The highest BCUT2D eigenvalue weighted by Gasteiger charge is 2.25. The highest BCUT2D eigenvalue weighted by atomic mass is 79.9. The van der Waals surface area contributed by atoms with Gasteiger partial charge in [-0.25, -0.2) is 0 Å². The molecule has 1 saturated carbocycles. The molecule has 0 N–H and O–H groups in total. The Kier molecular flexibility index (Phi) is 4.45. The summed E-state index contributed by atoms with van der Waals surface area (Å²) in [5, 5.41) is 0. The fourth-order valence-corrected chi connectivity index (χ4v) is 3.82. The van der Waals surface area contributed by atoms with E-state index in [1.165, 1.54) is 43.2 Å². The topological polar surface area (TPSA) is 0 Å². The van der Waals surface area contributed by atoms with Gasteiger partial charge < -0.3 is 0 Å². The van der Waals surface area contributed by atoms with E-state index in [4.69, 9.17) is 0 Å². The highest BCUT2D eigenvalue weighted by molar-refractivity contribution is 9.10. The smallest absolute Gasteiger partial charge is 0.0175 e. The summed E-state index contributed by atoms with van der Waals surface area (Å²) in [6, 6.07) is 8.64. The number of allylic oxidation sites excluding steroid dienone is 4. The normalized spacial score (nSPS) is 30.1. The van der Waals surface area contributed by atoms with E-state index in [2.05, 4.69) is 65.3 Å². The second-order valence-corrected chi connectivity index (χ2v) is 7.36. The Hall–Kier alpha value is -0.820. The van der Waals surface area contributed by atoms with Crippen molar-refractivity contribution in [3.8, 4) is 0 Å². The van der Waals surface area contributed by atoms with Crippen molar-refractivity contribution in [3.63, 3.8) is 0 Å². The van der Waals surface area contributed by atoms with Crippen LogP contribution in [0.1, 0.15) is 44.6 Å². The maximum atomic E-state index is 3.50. The molecule has 1 atom stereocenters. The molecule has 0 aliphatic heterocycles. The zero-order valence-electron chi connectivity index (χ0n) is 12.2. The van der Waals surface area contributed by atoms with E-state index in [9.17, 15) is 0 Å². The molecule has 106 valence electrons. The number of rotatable bonds is 2. The third kappa shape index (κ3) is 3.25. The lowest BCUT2D eigenvalue weighted by atomic mass is 9.74. The zero-order chi connectivity index (χ0) is 13.9. The van der Waals surface area contributed by atoms with Crippen molar-refractivity contribution in [1.29, 1.82) is 0 Å². The fraction of sp³-hybridized carbons (Fsp3) is 0.474. The predicted octanol–water partition coefficient (Wildman–Crippen LogP) is 6.23. The van der Waals surface area contributed by atoms with E-state index in [0.29, 0.717) is 0 Å². The summed E-state index contributed by atoms with van der Waals surface area (Å²) in [4.78, 5) is 0. The van der Waals surface area contributed by atoms with E-state index in [1.54, 1.807) is 0 Å². The summed E-state index contributed by atoms with van der Waals surface area (Å²) in [6.07, 6.45) is 14.2. The van der Waals surface area contributed by atoms with E-state index >= 15 is 0 Å². The van der Waals surface area contributed by atoms with Gasteiger partial charge in [-0.3, -0.25) is 0 Å². The Balaban J connectivity index is 1.64. The lowest BCUT2D eigenvalue weighted by molar-refractivity contribution is 0.240. The van der Waals surface area contributed by atoms with Gasteiger partial charge in [-0.05, 0) is 60.3 Å². The van der Waals surface area contributed by atoms with Gasteiger partial charge in [-0.15, -0.1) is 0 Å². The van der Waals surface area contributed by atoms with Crippen LogP contribution >= 0.6 is 15.9 Å². The van der Waals surface area contributed by atoms with Crippen LogP contribution in [0.15, 0.2) is 47.0 Å². The largest absolute Gasteiger partial charge is 0.0802 e. The Labute approximate surface area is 131 Å². The lowest BCUT2D eigenvalue weighted by Crippen LogP contribution is -2.20. The Bertz CT molecular complexity index is 501. The number of halogens is 1. The van der Waals surface area contributed by atoms with Gasteiger partial charge in [0.15, 0.2) is 0 Å².